The molecular weight excluding hydrogens is 304 g/mol. The minimum absolute atomic E-state index is 0.0701. The second kappa shape index (κ2) is 7.25. The normalized spacial score (nSPS) is 14.8. The van der Waals surface area contributed by atoms with Gasteiger partial charge in [-0.2, -0.15) is 0 Å². The van der Waals surface area contributed by atoms with E-state index in [4.69, 9.17) is 0 Å². The molecule has 0 aromatic carbocycles. The Hall–Kier alpha value is -2.70. The molecule has 1 aliphatic heterocycles. The minimum atomic E-state index is -0.0701. The number of amides is 1. The van der Waals surface area contributed by atoms with E-state index in [0.29, 0.717) is 24.6 Å². The van der Waals surface area contributed by atoms with Crippen molar-refractivity contribution in [3.05, 3.63) is 42.5 Å². The summed E-state index contributed by atoms with van der Waals surface area (Å²) in [6, 6.07) is 6.14. The van der Waals surface area contributed by atoms with Crippen LogP contribution in [-0.4, -0.2) is 58.0 Å². The van der Waals surface area contributed by atoms with Crippen molar-refractivity contribution in [2.75, 3.05) is 36.4 Å². The lowest BCUT2D eigenvalue weighted by Gasteiger charge is -2.35. The van der Waals surface area contributed by atoms with Gasteiger partial charge in [-0.1, -0.05) is 6.07 Å². The van der Waals surface area contributed by atoms with Gasteiger partial charge >= 0.3 is 0 Å². The first kappa shape index (κ1) is 16.2. The van der Waals surface area contributed by atoms with Crippen LogP contribution < -0.4 is 10.2 Å². The van der Waals surface area contributed by atoms with Crippen molar-refractivity contribution in [2.24, 2.45) is 0 Å². The van der Waals surface area contributed by atoms with E-state index < -0.39 is 0 Å². The van der Waals surface area contributed by atoms with Crippen LogP contribution in [0, 0.1) is 0 Å². The number of hydrogen-bond acceptors (Lipinski definition) is 6. The zero-order chi connectivity index (χ0) is 16.9. The van der Waals surface area contributed by atoms with Gasteiger partial charge in [0.1, 0.15) is 17.3 Å². The van der Waals surface area contributed by atoms with Crippen LogP contribution in [0.2, 0.25) is 0 Å². The van der Waals surface area contributed by atoms with Crippen molar-refractivity contribution < 1.29 is 4.79 Å². The molecule has 3 rings (SSSR count). The van der Waals surface area contributed by atoms with Crippen LogP contribution in [0.4, 0.5) is 11.6 Å². The van der Waals surface area contributed by atoms with Crippen LogP contribution in [0.5, 0.6) is 0 Å². The van der Waals surface area contributed by atoms with Gasteiger partial charge < -0.3 is 15.1 Å². The molecule has 1 aliphatic rings. The van der Waals surface area contributed by atoms with Crippen LogP contribution in [0.15, 0.2) is 36.8 Å². The number of hydrogen-bond donors (Lipinski definition) is 1. The van der Waals surface area contributed by atoms with E-state index in [-0.39, 0.29) is 11.9 Å². The highest BCUT2D eigenvalue weighted by molar-refractivity contribution is 5.92. The number of aromatic nitrogens is 3. The number of anilines is 2. The molecule has 0 saturated carbocycles. The Morgan fingerprint density at radius 1 is 1.08 bits per heavy atom. The molecule has 2 aromatic heterocycles. The van der Waals surface area contributed by atoms with Crippen molar-refractivity contribution in [3.63, 3.8) is 0 Å². The highest BCUT2D eigenvalue weighted by Gasteiger charge is 2.23. The summed E-state index contributed by atoms with van der Waals surface area (Å²) in [7, 11) is 0. The van der Waals surface area contributed by atoms with E-state index in [0.717, 1.165) is 18.9 Å². The predicted octanol–water partition coefficient (Wildman–Crippen LogP) is 1.65. The summed E-state index contributed by atoms with van der Waals surface area (Å²) in [6.45, 7) is 6.90. The maximum Gasteiger partial charge on any atom is 0.274 e. The van der Waals surface area contributed by atoms with Crippen molar-refractivity contribution in [2.45, 2.75) is 19.9 Å². The van der Waals surface area contributed by atoms with Crippen LogP contribution in [0.25, 0.3) is 0 Å². The van der Waals surface area contributed by atoms with Crippen molar-refractivity contribution in [1.29, 1.82) is 0 Å². The molecule has 24 heavy (non-hydrogen) atoms. The molecule has 0 bridgehead atoms. The molecule has 1 amide bonds. The van der Waals surface area contributed by atoms with E-state index in [1.807, 2.05) is 36.9 Å². The number of piperazine rings is 1. The minimum Gasteiger partial charge on any atom is -0.367 e. The highest BCUT2D eigenvalue weighted by atomic mass is 16.2. The van der Waals surface area contributed by atoms with E-state index in [1.54, 1.807) is 12.4 Å². The first-order valence-corrected chi connectivity index (χ1v) is 8.17. The van der Waals surface area contributed by atoms with E-state index >= 15 is 0 Å². The number of rotatable bonds is 4. The van der Waals surface area contributed by atoms with Gasteiger partial charge in [0.25, 0.3) is 5.91 Å². The topological polar surface area (TPSA) is 74.2 Å². The molecule has 0 spiro atoms. The molecule has 7 nitrogen and oxygen atoms in total. The second-order valence-electron chi connectivity index (χ2n) is 6.05. The summed E-state index contributed by atoms with van der Waals surface area (Å²) in [5.74, 6) is 1.56. The fourth-order valence-electron chi connectivity index (χ4n) is 2.65. The molecule has 0 radical (unpaired) electrons. The number of nitrogens with zero attached hydrogens (tertiary/aromatic N) is 5. The maximum absolute atomic E-state index is 12.5. The van der Waals surface area contributed by atoms with Gasteiger partial charge in [0.05, 0.1) is 12.4 Å². The SMILES string of the molecule is CC(C)Nc1cnc(C(=O)N2CCN(c3ccccn3)CC2)cn1. The molecule has 1 saturated heterocycles. The van der Waals surface area contributed by atoms with Gasteiger partial charge in [-0.05, 0) is 26.0 Å². The fourth-order valence-corrected chi connectivity index (χ4v) is 2.65. The van der Waals surface area contributed by atoms with Gasteiger partial charge in [-0.3, -0.25) is 4.79 Å². The molecule has 0 aliphatic carbocycles. The van der Waals surface area contributed by atoms with Crippen molar-refractivity contribution >= 4 is 17.5 Å². The summed E-state index contributed by atoms with van der Waals surface area (Å²) < 4.78 is 0. The third-order valence-corrected chi connectivity index (χ3v) is 3.85. The molecule has 3 heterocycles. The van der Waals surface area contributed by atoms with E-state index in [2.05, 4.69) is 25.2 Å². The summed E-state index contributed by atoms with van der Waals surface area (Å²) in [5.41, 5.74) is 0.385. The smallest absolute Gasteiger partial charge is 0.274 e. The molecule has 1 N–H and O–H groups in total. The Balaban J connectivity index is 1.59. The third-order valence-electron chi connectivity index (χ3n) is 3.85. The molecule has 2 aromatic rings. The first-order valence-electron chi connectivity index (χ1n) is 8.17. The van der Waals surface area contributed by atoms with Gasteiger partial charge in [-0.25, -0.2) is 15.0 Å². The van der Waals surface area contributed by atoms with Crippen molar-refractivity contribution in [3.8, 4) is 0 Å². The fraction of sp³-hybridized carbons (Fsp3) is 0.412. The van der Waals surface area contributed by atoms with Crippen LogP contribution in [0.3, 0.4) is 0 Å². The lowest BCUT2D eigenvalue weighted by molar-refractivity contribution is 0.0740. The van der Waals surface area contributed by atoms with Gasteiger partial charge in [0, 0.05) is 38.4 Å². The summed E-state index contributed by atoms with van der Waals surface area (Å²) >= 11 is 0. The molecular formula is C17H22N6O. The lowest BCUT2D eigenvalue weighted by Crippen LogP contribution is -2.49. The lowest BCUT2D eigenvalue weighted by atomic mass is 10.2. The average Bonchev–Trinajstić information content (AvgIpc) is 2.62. The van der Waals surface area contributed by atoms with E-state index in [1.165, 1.54) is 6.20 Å². The Bertz CT molecular complexity index is 665. The molecule has 0 atom stereocenters. The first-order chi connectivity index (χ1) is 11.6. The molecule has 126 valence electrons. The Labute approximate surface area is 141 Å². The van der Waals surface area contributed by atoms with Gasteiger partial charge in [-0.15, -0.1) is 0 Å². The van der Waals surface area contributed by atoms with Gasteiger partial charge in [0.2, 0.25) is 0 Å². The second-order valence-corrected chi connectivity index (χ2v) is 6.05. The van der Waals surface area contributed by atoms with E-state index in [9.17, 15) is 4.79 Å². The number of pyridine rings is 1. The maximum atomic E-state index is 12.5. The van der Waals surface area contributed by atoms with Gasteiger partial charge in [0.15, 0.2) is 0 Å². The summed E-state index contributed by atoms with van der Waals surface area (Å²) in [5, 5.41) is 3.16. The standard InChI is InChI=1S/C17H22N6O/c1-13(2)21-15-12-19-14(11-20-15)17(24)23-9-7-22(8-10-23)16-5-3-4-6-18-16/h3-6,11-13H,7-10H2,1-2H3,(H,20,21). The Kier molecular flexibility index (Phi) is 4.88. The van der Waals surface area contributed by atoms with Crippen molar-refractivity contribution in [1.82, 2.24) is 19.9 Å². The number of carbonyl (C=O) groups is 1. The zero-order valence-corrected chi connectivity index (χ0v) is 14.0. The predicted molar refractivity (Wildman–Crippen MR) is 93.1 cm³/mol. The zero-order valence-electron chi connectivity index (χ0n) is 14.0. The quantitative estimate of drug-likeness (QED) is 0.921. The summed E-state index contributed by atoms with van der Waals surface area (Å²) in [4.78, 5) is 29.4. The Morgan fingerprint density at radius 3 is 2.46 bits per heavy atom. The number of carbonyl (C=O) groups excluding carboxylic acids is 1. The van der Waals surface area contributed by atoms with Crippen LogP contribution in [-0.2, 0) is 0 Å². The highest BCUT2D eigenvalue weighted by Crippen LogP contribution is 2.14. The third kappa shape index (κ3) is 3.79. The Morgan fingerprint density at radius 2 is 1.88 bits per heavy atom. The largest absolute Gasteiger partial charge is 0.367 e. The number of nitrogens with one attached hydrogen (secondary N) is 1. The molecule has 0 unspecified atom stereocenters. The molecule has 7 heteroatoms. The summed E-state index contributed by atoms with van der Waals surface area (Å²) in [6.07, 6.45) is 4.94. The average molecular weight is 326 g/mol. The van der Waals surface area contributed by atoms with Crippen LogP contribution >= 0.6 is 0 Å². The monoisotopic (exact) mass is 326 g/mol. The van der Waals surface area contributed by atoms with Crippen LogP contribution in [0.1, 0.15) is 24.3 Å². The molecule has 1 fully saturated rings.